The van der Waals surface area contributed by atoms with Gasteiger partial charge in [-0.25, -0.2) is 54.8 Å². The lowest BCUT2D eigenvalue weighted by atomic mass is 9.89. The molecule has 5 heterocycles. The topological polar surface area (TPSA) is 168 Å². The monoisotopic (exact) mass is 2070 g/mol. The van der Waals surface area contributed by atoms with Crippen molar-refractivity contribution in [3.05, 3.63) is 485 Å². The average Bonchev–Trinajstić information content (AvgIpc) is 0.749. The molecule has 0 aliphatic rings. The normalized spacial score (nSPS) is 11.3. The van der Waals surface area contributed by atoms with Crippen LogP contribution in [0.4, 0.5) is 0 Å². The number of nitrogens with zero attached hydrogens (tertiary/aromatic N) is 13. The van der Waals surface area contributed by atoms with Crippen molar-refractivity contribution in [3.8, 4) is 148 Å². The fraction of sp³-hybridized carbons (Fsp3) is 0. The molecule has 0 amide bonds. The van der Waals surface area contributed by atoms with Gasteiger partial charge in [0.15, 0.2) is 52.4 Å². The molecule has 22 aromatic carbocycles. The largest absolute Gasteiger partial charge is 0.228 e. The number of halogens is 5. The first-order valence-electron chi connectivity index (χ1n) is 46.4. The van der Waals surface area contributed by atoms with Gasteiger partial charge in [0.2, 0.25) is 10.6 Å². The van der Waals surface area contributed by atoms with Crippen LogP contribution in [-0.2, 0) is 0 Å². The van der Waals surface area contributed by atoms with Crippen LogP contribution in [0.15, 0.2) is 474 Å². The first-order valence-corrected chi connectivity index (χ1v) is 49.6. The van der Waals surface area contributed by atoms with Crippen molar-refractivity contribution in [1.82, 2.24) is 64.8 Å². The highest BCUT2D eigenvalue weighted by Gasteiger charge is 2.24. The summed E-state index contributed by atoms with van der Waals surface area (Å²) in [4.78, 5) is 61.6. The third kappa shape index (κ3) is 18.6. The van der Waals surface area contributed by atoms with Gasteiger partial charge in [0.25, 0.3) is 0 Å². The third-order valence-electron chi connectivity index (χ3n) is 25.3. The number of benzene rings is 22. The molecule has 0 radical (unpaired) electrons. The number of hydrogen-bond donors (Lipinski definition) is 0. The van der Waals surface area contributed by atoms with E-state index in [-0.39, 0.29) is 10.6 Å². The van der Waals surface area contributed by atoms with Crippen LogP contribution in [0, 0.1) is 0 Å². The molecule has 27 aromatic rings. The Morgan fingerprint density at radius 2 is 0.308 bits per heavy atom. The second-order valence-electron chi connectivity index (χ2n) is 34.1. The maximum absolute atomic E-state index is 6.03. The Morgan fingerprint density at radius 3 is 0.545 bits per heavy atom. The van der Waals surface area contributed by atoms with Gasteiger partial charge in [0.1, 0.15) is 0 Å². The second kappa shape index (κ2) is 40.2. The Balaban J connectivity index is 0.000000107. The predicted octanol–water partition coefficient (Wildman–Crippen LogP) is 34.5. The van der Waals surface area contributed by atoms with E-state index in [2.05, 4.69) is 249 Å². The molecule has 18 heteroatoms. The van der Waals surface area contributed by atoms with Gasteiger partial charge in [-0.2, -0.15) is 9.97 Å². The molecular formula is C125H76Br3Cl2N13. The summed E-state index contributed by atoms with van der Waals surface area (Å²) in [5.41, 5.74) is 16.2. The molecule has 0 spiro atoms. The molecule has 143 heavy (non-hydrogen) atoms. The molecule has 13 nitrogen and oxygen atoms in total. The zero-order valence-corrected chi connectivity index (χ0v) is 82.4. The van der Waals surface area contributed by atoms with Crippen molar-refractivity contribution in [2.75, 3.05) is 0 Å². The van der Waals surface area contributed by atoms with E-state index in [4.69, 9.17) is 63.1 Å². The molecule has 0 saturated carbocycles. The lowest BCUT2D eigenvalue weighted by Gasteiger charge is -2.17. The Bertz CT molecular complexity index is 8630. The third-order valence-corrected chi connectivity index (χ3v) is 27.7. The number of hydrogen-bond acceptors (Lipinski definition) is 13. The van der Waals surface area contributed by atoms with Crippen LogP contribution in [0.25, 0.3) is 244 Å². The van der Waals surface area contributed by atoms with Crippen molar-refractivity contribution < 1.29 is 0 Å². The van der Waals surface area contributed by atoms with Gasteiger partial charge < -0.3 is 0 Å². The van der Waals surface area contributed by atoms with Gasteiger partial charge in [-0.05, 0) is 169 Å². The van der Waals surface area contributed by atoms with Gasteiger partial charge in [-0.3, -0.25) is 0 Å². The van der Waals surface area contributed by atoms with Crippen LogP contribution in [0.1, 0.15) is 0 Å². The highest BCUT2D eigenvalue weighted by Crippen LogP contribution is 2.47. The van der Waals surface area contributed by atoms with Crippen LogP contribution in [0.5, 0.6) is 0 Å². The highest BCUT2D eigenvalue weighted by molar-refractivity contribution is 9.11. The van der Waals surface area contributed by atoms with E-state index in [0.717, 1.165) is 135 Å². The maximum atomic E-state index is 6.03. The summed E-state index contributed by atoms with van der Waals surface area (Å²) in [6, 6.07) is 157. The molecule has 676 valence electrons. The molecular weight excluding hydrogens is 1990 g/mol. The first-order chi connectivity index (χ1) is 70.4. The summed E-state index contributed by atoms with van der Waals surface area (Å²) in [6.45, 7) is 0. The predicted molar refractivity (Wildman–Crippen MR) is 598 cm³/mol. The smallest absolute Gasteiger partial charge is 0.226 e. The molecule has 0 bridgehead atoms. The Labute approximate surface area is 858 Å². The van der Waals surface area contributed by atoms with E-state index in [0.29, 0.717) is 52.4 Å². The first kappa shape index (κ1) is 90.0. The minimum atomic E-state index is 0.202. The summed E-state index contributed by atoms with van der Waals surface area (Å²) in [5.74, 6) is 5.79. The molecule has 0 saturated heterocycles. The van der Waals surface area contributed by atoms with Crippen molar-refractivity contribution in [2.24, 2.45) is 0 Å². The zero-order valence-electron chi connectivity index (χ0n) is 76.1. The van der Waals surface area contributed by atoms with Gasteiger partial charge >= 0.3 is 0 Å². The minimum Gasteiger partial charge on any atom is -0.228 e. The molecule has 27 rings (SSSR count). The van der Waals surface area contributed by atoms with E-state index in [1.54, 1.807) is 0 Å². The summed E-state index contributed by atoms with van der Waals surface area (Å²) in [7, 11) is 0. The summed E-state index contributed by atoms with van der Waals surface area (Å²) in [6.07, 6.45) is 0. The van der Waals surface area contributed by atoms with Crippen LogP contribution in [0.2, 0.25) is 10.6 Å². The molecule has 0 unspecified atom stereocenters. The SMILES string of the molecule is Brc1ccc2ccc3c(-c4nc(-c5ccccc5)nc(-c5ccccc5)n4)ccc4ccc1c2c43.Brc1ccc2ccc3c(Br)ccc4ccc1c2c43.Clc1nc(-c2ccccc2)cc(-c2ccccc2)n1.Clc1nc(-c2ccccc2)nc(-c2ccccc2)n1.c1ccc(-c2cc(-c3ccccc3)nc(-c3ccc4ccc5c(-c6nc(-c7ccccc7)nc(-c7ccccc7)n6)ccc6ccc3c4c65)n2)cc1. The molecule has 0 atom stereocenters. The summed E-state index contributed by atoms with van der Waals surface area (Å²) >= 11 is 23.1. The zero-order chi connectivity index (χ0) is 96.2. The van der Waals surface area contributed by atoms with Crippen molar-refractivity contribution in [2.45, 2.75) is 0 Å². The average molecular weight is 2070 g/mol. The van der Waals surface area contributed by atoms with Crippen LogP contribution in [0.3, 0.4) is 0 Å². The van der Waals surface area contributed by atoms with Crippen LogP contribution in [-0.4, -0.2) is 64.8 Å². The fourth-order valence-corrected chi connectivity index (χ4v) is 20.3. The van der Waals surface area contributed by atoms with Gasteiger partial charge in [-0.15, -0.1) is 0 Å². The van der Waals surface area contributed by atoms with Crippen LogP contribution >= 0.6 is 71.0 Å². The second-order valence-corrected chi connectivity index (χ2v) is 37.4. The lowest BCUT2D eigenvalue weighted by Crippen LogP contribution is -2.01. The van der Waals surface area contributed by atoms with E-state index in [1.165, 1.54) is 70.0 Å². The number of rotatable bonds is 13. The molecule has 0 N–H and O–H groups in total. The van der Waals surface area contributed by atoms with E-state index in [9.17, 15) is 0 Å². The highest BCUT2D eigenvalue weighted by atomic mass is 79.9. The van der Waals surface area contributed by atoms with E-state index < -0.39 is 0 Å². The Hall–Kier alpha value is -16.8. The van der Waals surface area contributed by atoms with E-state index >= 15 is 0 Å². The summed E-state index contributed by atoms with van der Waals surface area (Å²) < 4.78 is 3.41. The van der Waals surface area contributed by atoms with Gasteiger partial charge in [-0.1, -0.05) is 460 Å². The molecule has 0 fully saturated rings. The quantitative estimate of drug-likeness (QED) is 0.0791. The lowest BCUT2D eigenvalue weighted by molar-refractivity contribution is 1.07. The minimum absolute atomic E-state index is 0.202. The molecule has 0 aliphatic carbocycles. The maximum Gasteiger partial charge on any atom is 0.226 e. The van der Waals surface area contributed by atoms with Gasteiger partial charge in [0, 0.05) is 85.7 Å². The van der Waals surface area contributed by atoms with Crippen molar-refractivity contribution in [1.29, 1.82) is 0 Å². The van der Waals surface area contributed by atoms with Crippen LogP contribution < -0.4 is 0 Å². The van der Waals surface area contributed by atoms with Crippen molar-refractivity contribution >= 4 is 168 Å². The summed E-state index contributed by atoms with van der Waals surface area (Å²) in [5, 5.41) is 22.4. The van der Waals surface area contributed by atoms with E-state index in [1.807, 2.05) is 285 Å². The standard InChI is InChI=1S/C47H29N5.C31H18BrN3.C16H8Br2.C16H11ClN2.C15H10ClN3/c1-5-13-30(14-6-1)40-29-41(31-15-7-2-8-16-31)49-46(48-40)38-27-23-32-22-26-37-39(28-24-33-21-25-36(38)42(32)43(33)37)47-51-44(34-17-9-3-10-18-34)50-45(52-47)35-19-11-4-12-20-35;32-26-18-14-20-11-15-23-24(16-12-19-13-17-25(26)28(20)27(19)23)31-34-29(21-7-3-1-4-8-21)33-30(35-31)22-9-5-2-6-10-22;17-13-8-4-10-2-6-12-14(18)7-3-9-1-5-11(13)16(10)15(9)12;17-16-18-14(12-7-3-1-4-8-12)11-15(19-16)13-9-5-2-6-10-13;16-15-18-13(11-7-3-1-4-8-11)17-14(19-15)12-9-5-2-6-10-12/h1-29H;1-18H;1-8H;1-11H;1-10H. The fourth-order valence-electron chi connectivity index (χ4n) is 18.5. The number of aromatic nitrogens is 13. The Morgan fingerprint density at radius 1 is 0.140 bits per heavy atom. The molecule has 0 aliphatic heterocycles. The van der Waals surface area contributed by atoms with Gasteiger partial charge in [0.05, 0.1) is 22.8 Å². The Kier molecular flexibility index (Phi) is 25.3. The molecule has 5 aromatic heterocycles. The van der Waals surface area contributed by atoms with Crippen molar-refractivity contribution in [3.63, 3.8) is 0 Å².